The molecule has 0 spiro atoms. The maximum Gasteiger partial charge on any atom is 0.0540 e. The van der Waals surface area contributed by atoms with Crippen molar-refractivity contribution in [2.45, 2.75) is 19.3 Å². The molecule has 0 bridgehead atoms. The van der Waals surface area contributed by atoms with Gasteiger partial charge in [-0.2, -0.15) is 0 Å². The highest BCUT2D eigenvalue weighted by Crippen LogP contribution is 2.53. The zero-order valence-corrected chi connectivity index (χ0v) is 31.0. The van der Waals surface area contributed by atoms with Gasteiger partial charge in [-0.3, -0.25) is 0 Å². The van der Waals surface area contributed by atoms with E-state index >= 15 is 0 Å². The highest BCUT2D eigenvalue weighted by Gasteiger charge is 2.37. The first-order chi connectivity index (χ1) is 27.0. The minimum absolute atomic E-state index is 0.237. The zero-order valence-electron chi connectivity index (χ0n) is 31.0. The van der Waals surface area contributed by atoms with Gasteiger partial charge < -0.3 is 9.80 Å². The second-order valence-corrected chi connectivity index (χ2v) is 15.0. The fourth-order valence-electron chi connectivity index (χ4n) is 8.66. The van der Waals surface area contributed by atoms with Crippen molar-refractivity contribution in [3.05, 3.63) is 217 Å². The highest BCUT2D eigenvalue weighted by atomic mass is 15.1. The number of nitrogens with zero attached hydrogens (tertiary/aromatic N) is 2. The lowest BCUT2D eigenvalue weighted by atomic mass is 9.82. The molecule has 55 heavy (non-hydrogen) atoms. The Bertz CT molecular complexity index is 2830. The lowest BCUT2D eigenvalue weighted by Gasteiger charge is -2.30. The van der Waals surface area contributed by atoms with Gasteiger partial charge in [0.05, 0.1) is 11.4 Å². The summed E-state index contributed by atoms with van der Waals surface area (Å²) in [6.45, 7) is 4.76. The van der Waals surface area contributed by atoms with Crippen molar-refractivity contribution in [1.29, 1.82) is 0 Å². The van der Waals surface area contributed by atoms with Crippen molar-refractivity contribution in [3.63, 3.8) is 0 Å². The average molecular weight is 705 g/mol. The van der Waals surface area contributed by atoms with E-state index in [0.717, 1.165) is 28.4 Å². The van der Waals surface area contributed by atoms with Crippen LogP contribution in [0, 0.1) is 0 Å². The van der Waals surface area contributed by atoms with Gasteiger partial charge >= 0.3 is 0 Å². The molecule has 0 heterocycles. The molecule has 10 rings (SSSR count). The zero-order chi connectivity index (χ0) is 36.9. The molecule has 9 aromatic carbocycles. The Labute approximate surface area is 323 Å². The van der Waals surface area contributed by atoms with Crippen LogP contribution in [0.1, 0.15) is 25.0 Å². The van der Waals surface area contributed by atoms with E-state index in [9.17, 15) is 0 Å². The largest absolute Gasteiger partial charge is 0.310 e. The normalized spacial score (nSPS) is 12.7. The minimum Gasteiger partial charge on any atom is -0.310 e. The van der Waals surface area contributed by atoms with Gasteiger partial charge in [0.1, 0.15) is 0 Å². The average Bonchev–Trinajstić information content (AvgIpc) is 3.47. The molecule has 1 aliphatic carbocycles. The van der Waals surface area contributed by atoms with Crippen molar-refractivity contribution in [2.75, 3.05) is 9.80 Å². The van der Waals surface area contributed by atoms with Crippen molar-refractivity contribution in [2.24, 2.45) is 0 Å². The Morgan fingerprint density at radius 3 is 1.25 bits per heavy atom. The first-order valence-corrected chi connectivity index (χ1v) is 19.1. The SMILES string of the molecule is CC1(C)c2cc(N(c3ccccc3)c3cccc4ccccc34)ccc2-c2ccc(N(c3ccc(-c4ccccc4)cc3)c3cccc4ccccc34)cc21. The van der Waals surface area contributed by atoms with E-state index in [1.54, 1.807) is 0 Å². The van der Waals surface area contributed by atoms with Crippen LogP contribution in [0.2, 0.25) is 0 Å². The van der Waals surface area contributed by atoms with Gasteiger partial charge in [0.2, 0.25) is 0 Å². The summed E-state index contributed by atoms with van der Waals surface area (Å²) in [5.74, 6) is 0. The molecule has 0 fully saturated rings. The van der Waals surface area contributed by atoms with Gasteiger partial charge in [0.25, 0.3) is 0 Å². The molecule has 0 unspecified atom stereocenters. The van der Waals surface area contributed by atoms with Gasteiger partial charge in [-0.15, -0.1) is 0 Å². The van der Waals surface area contributed by atoms with Crippen LogP contribution in [0.4, 0.5) is 34.1 Å². The lowest BCUT2D eigenvalue weighted by Crippen LogP contribution is -2.18. The summed E-state index contributed by atoms with van der Waals surface area (Å²) >= 11 is 0. The number of benzene rings is 9. The van der Waals surface area contributed by atoms with Crippen molar-refractivity contribution < 1.29 is 0 Å². The summed E-state index contributed by atoms with van der Waals surface area (Å²) in [7, 11) is 0. The standard InChI is InChI=1S/C53H40N2/c1-53(2)49-35-43(54(41-21-7-4-8-22-41)51-25-13-19-39-17-9-11-23-45(39)51)31-33-47(49)48-34-32-44(36-50(48)53)55(52-26-14-20-40-18-10-12-24-46(40)52)42-29-27-38(28-30-42)37-15-5-3-6-16-37/h3-36H,1-2H3. The molecule has 0 aromatic heterocycles. The van der Waals surface area contributed by atoms with Gasteiger partial charge in [-0.05, 0) is 105 Å². The fraction of sp³-hybridized carbons (Fsp3) is 0.0566. The van der Waals surface area contributed by atoms with E-state index in [4.69, 9.17) is 0 Å². The third-order valence-electron chi connectivity index (χ3n) is 11.4. The smallest absolute Gasteiger partial charge is 0.0540 e. The van der Waals surface area contributed by atoms with Crippen LogP contribution < -0.4 is 9.80 Å². The predicted molar refractivity (Wildman–Crippen MR) is 234 cm³/mol. The van der Waals surface area contributed by atoms with Crippen molar-refractivity contribution in [3.8, 4) is 22.3 Å². The Morgan fingerprint density at radius 2 is 0.727 bits per heavy atom. The van der Waals surface area contributed by atoms with E-state index in [1.165, 1.54) is 60.6 Å². The summed E-state index contributed by atoms with van der Waals surface area (Å²) in [5, 5.41) is 4.90. The van der Waals surface area contributed by atoms with Gasteiger partial charge in [0, 0.05) is 38.9 Å². The first kappa shape index (κ1) is 32.7. The topological polar surface area (TPSA) is 6.48 Å². The molecule has 2 heteroatoms. The van der Waals surface area contributed by atoms with Crippen LogP contribution in [0.15, 0.2) is 206 Å². The van der Waals surface area contributed by atoms with E-state index in [2.05, 4.69) is 230 Å². The second-order valence-electron chi connectivity index (χ2n) is 15.0. The monoisotopic (exact) mass is 704 g/mol. The van der Waals surface area contributed by atoms with Crippen LogP contribution in [-0.4, -0.2) is 0 Å². The molecular formula is C53H40N2. The van der Waals surface area contributed by atoms with Crippen LogP contribution >= 0.6 is 0 Å². The van der Waals surface area contributed by atoms with Crippen LogP contribution in [-0.2, 0) is 5.41 Å². The van der Waals surface area contributed by atoms with Crippen molar-refractivity contribution >= 4 is 55.7 Å². The number of anilines is 6. The third kappa shape index (κ3) is 5.57. The Kier molecular flexibility index (Phi) is 7.85. The summed E-state index contributed by atoms with van der Waals surface area (Å²) in [6, 6.07) is 75.1. The second kappa shape index (κ2) is 13.2. The van der Waals surface area contributed by atoms with Crippen LogP contribution in [0.25, 0.3) is 43.8 Å². The van der Waals surface area contributed by atoms with E-state index < -0.39 is 0 Å². The number of rotatable bonds is 7. The first-order valence-electron chi connectivity index (χ1n) is 19.1. The quantitative estimate of drug-likeness (QED) is 0.163. The number of fused-ring (bicyclic) bond motifs is 5. The lowest BCUT2D eigenvalue weighted by molar-refractivity contribution is 0.660. The van der Waals surface area contributed by atoms with Crippen molar-refractivity contribution in [1.82, 2.24) is 0 Å². The molecule has 0 saturated heterocycles. The predicted octanol–water partition coefficient (Wildman–Crippen LogP) is 14.9. The molecule has 0 atom stereocenters. The maximum absolute atomic E-state index is 2.43. The Balaban J connectivity index is 1.10. The molecule has 0 N–H and O–H groups in total. The van der Waals surface area contributed by atoms with Crippen LogP contribution in [0.3, 0.4) is 0 Å². The molecule has 0 saturated carbocycles. The molecule has 1 aliphatic rings. The Hall–Kier alpha value is -6.90. The maximum atomic E-state index is 2.43. The summed E-state index contributed by atoms with van der Waals surface area (Å²) in [5.41, 5.74) is 14.3. The summed E-state index contributed by atoms with van der Waals surface area (Å²) < 4.78 is 0. The fourth-order valence-corrected chi connectivity index (χ4v) is 8.66. The summed E-state index contributed by atoms with van der Waals surface area (Å²) in [4.78, 5) is 4.84. The Morgan fingerprint density at radius 1 is 0.327 bits per heavy atom. The number of para-hydroxylation sites is 1. The highest BCUT2D eigenvalue weighted by molar-refractivity contribution is 6.01. The molecular weight excluding hydrogens is 665 g/mol. The molecule has 0 aliphatic heterocycles. The molecule has 0 amide bonds. The molecule has 262 valence electrons. The summed E-state index contributed by atoms with van der Waals surface area (Å²) in [6.07, 6.45) is 0. The third-order valence-corrected chi connectivity index (χ3v) is 11.4. The van der Waals surface area contributed by atoms with Gasteiger partial charge in [0.15, 0.2) is 0 Å². The van der Waals surface area contributed by atoms with E-state index in [1.807, 2.05) is 0 Å². The minimum atomic E-state index is -0.237. The molecule has 2 nitrogen and oxygen atoms in total. The molecule has 0 radical (unpaired) electrons. The van der Waals surface area contributed by atoms with Gasteiger partial charge in [-0.1, -0.05) is 159 Å². The van der Waals surface area contributed by atoms with E-state index in [-0.39, 0.29) is 5.41 Å². The van der Waals surface area contributed by atoms with E-state index in [0.29, 0.717) is 0 Å². The van der Waals surface area contributed by atoms with Crippen LogP contribution in [0.5, 0.6) is 0 Å². The van der Waals surface area contributed by atoms with Gasteiger partial charge in [-0.25, -0.2) is 0 Å². The number of hydrogen-bond donors (Lipinski definition) is 0. The number of hydrogen-bond acceptors (Lipinski definition) is 2. The molecule has 9 aromatic rings.